The first-order chi connectivity index (χ1) is 10.6. The second-order valence-corrected chi connectivity index (χ2v) is 5.23. The van der Waals surface area contributed by atoms with Crippen LogP contribution in [0, 0.1) is 6.92 Å². The Balaban J connectivity index is 2.15. The molecule has 22 heavy (non-hydrogen) atoms. The van der Waals surface area contributed by atoms with Gasteiger partial charge in [0, 0.05) is 6.07 Å². The van der Waals surface area contributed by atoms with Crippen LogP contribution < -0.4 is 5.43 Å². The van der Waals surface area contributed by atoms with Gasteiger partial charge in [0.25, 0.3) is 0 Å². The van der Waals surface area contributed by atoms with E-state index in [1.165, 1.54) is 6.07 Å². The molecule has 0 saturated heterocycles. The Hall–Kier alpha value is -3.01. The van der Waals surface area contributed by atoms with Crippen molar-refractivity contribution >= 4 is 21.9 Å². The van der Waals surface area contributed by atoms with Crippen molar-refractivity contribution in [3.8, 4) is 17.1 Å². The van der Waals surface area contributed by atoms with E-state index in [-0.39, 0.29) is 11.2 Å². The summed E-state index contributed by atoms with van der Waals surface area (Å²) in [5.41, 5.74) is 2.39. The van der Waals surface area contributed by atoms with Gasteiger partial charge in [0.05, 0.1) is 22.6 Å². The number of benzene rings is 2. The minimum absolute atomic E-state index is 0.0705. The van der Waals surface area contributed by atoms with Crippen LogP contribution in [0.2, 0.25) is 0 Å². The number of rotatable bonds is 1. The highest BCUT2D eigenvalue weighted by Gasteiger charge is 2.14. The number of fused-ring (bicyclic) bond motifs is 3. The van der Waals surface area contributed by atoms with E-state index in [1.54, 1.807) is 42.7 Å². The Morgan fingerprint density at radius 2 is 1.91 bits per heavy atom. The molecule has 0 aliphatic rings. The summed E-state index contributed by atoms with van der Waals surface area (Å²) in [7, 11) is 0. The van der Waals surface area contributed by atoms with E-state index in [9.17, 15) is 9.90 Å². The number of aromatic hydroxyl groups is 1. The van der Waals surface area contributed by atoms with Crippen molar-refractivity contribution in [1.29, 1.82) is 0 Å². The zero-order valence-corrected chi connectivity index (χ0v) is 11.8. The van der Waals surface area contributed by atoms with Gasteiger partial charge in [-0.25, -0.2) is 0 Å². The predicted octanol–water partition coefficient (Wildman–Crippen LogP) is 4.22. The molecule has 2 heterocycles. The molecule has 108 valence electrons. The maximum atomic E-state index is 12.4. The fraction of sp³-hybridized carbons (Fsp3) is 0.0556. The summed E-state index contributed by atoms with van der Waals surface area (Å²) in [4.78, 5) is 12.4. The maximum absolute atomic E-state index is 12.4. The summed E-state index contributed by atoms with van der Waals surface area (Å²) in [6.45, 7) is 1.90. The van der Waals surface area contributed by atoms with Crippen LogP contribution in [-0.4, -0.2) is 5.11 Å². The molecule has 0 bridgehead atoms. The molecule has 0 spiro atoms. The van der Waals surface area contributed by atoms with Gasteiger partial charge in [0.2, 0.25) is 0 Å². The highest BCUT2D eigenvalue weighted by molar-refractivity contribution is 6.04. The third-order valence-corrected chi connectivity index (χ3v) is 3.79. The highest BCUT2D eigenvalue weighted by atomic mass is 16.3. The second kappa shape index (κ2) is 4.49. The van der Waals surface area contributed by atoms with Crippen molar-refractivity contribution < 1.29 is 13.9 Å². The van der Waals surface area contributed by atoms with Crippen LogP contribution in [-0.2, 0) is 0 Å². The molecule has 1 N–H and O–H groups in total. The van der Waals surface area contributed by atoms with Crippen LogP contribution in [0.1, 0.15) is 5.56 Å². The third-order valence-electron chi connectivity index (χ3n) is 3.79. The van der Waals surface area contributed by atoms with Crippen LogP contribution in [0.5, 0.6) is 5.75 Å². The van der Waals surface area contributed by atoms with Gasteiger partial charge in [-0.15, -0.1) is 0 Å². The molecule has 0 fully saturated rings. The first kappa shape index (κ1) is 12.7. The molecule has 0 atom stereocenters. The first-order valence-electron chi connectivity index (χ1n) is 6.88. The number of phenols is 1. The molecule has 2 aromatic heterocycles. The molecule has 4 heteroatoms. The van der Waals surface area contributed by atoms with E-state index in [4.69, 9.17) is 8.83 Å². The molecule has 4 aromatic rings. The average molecular weight is 292 g/mol. The SMILES string of the molecule is Cc1coc2ccc3c(=O)cc(-c4ccccc4O)oc3c12. The Kier molecular flexibility index (Phi) is 2.60. The largest absolute Gasteiger partial charge is 0.507 e. The first-order valence-corrected chi connectivity index (χ1v) is 6.88. The van der Waals surface area contributed by atoms with Crippen LogP contribution in [0.3, 0.4) is 0 Å². The van der Waals surface area contributed by atoms with Gasteiger partial charge in [0.15, 0.2) is 5.43 Å². The smallest absolute Gasteiger partial charge is 0.193 e. The molecule has 4 rings (SSSR count). The lowest BCUT2D eigenvalue weighted by molar-refractivity contribution is 0.474. The Bertz CT molecular complexity index is 1070. The Morgan fingerprint density at radius 1 is 1.09 bits per heavy atom. The molecule has 4 nitrogen and oxygen atoms in total. The zero-order chi connectivity index (χ0) is 15.3. The van der Waals surface area contributed by atoms with Gasteiger partial charge in [-0.1, -0.05) is 12.1 Å². The lowest BCUT2D eigenvalue weighted by Crippen LogP contribution is -2.00. The van der Waals surface area contributed by atoms with Gasteiger partial charge < -0.3 is 13.9 Å². The number of phenolic OH excluding ortho intramolecular Hbond substituents is 1. The highest BCUT2D eigenvalue weighted by Crippen LogP contribution is 2.33. The van der Waals surface area contributed by atoms with Crippen LogP contribution in [0.4, 0.5) is 0 Å². The quantitative estimate of drug-likeness (QED) is 0.570. The van der Waals surface area contributed by atoms with Gasteiger partial charge in [-0.05, 0) is 36.8 Å². The van der Waals surface area contributed by atoms with E-state index >= 15 is 0 Å². The van der Waals surface area contributed by atoms with E-state index < -0.39 is 0 Å². The van der Waals surface area contributed by atoms with Crippen molar-refractivity contribution in [3.05, 3.63) is 64.5 Å². The van der Waals surface area contributed by atoms with Crippen LogP contribution in [0.25, 0.3) is 33.3 Å². The number of furan rings is 1. The second-order valence-electron chi connectivity index (χ2n) is 5.23. The van der Waals surface area contributed by atoms with E-state index in [1.807, 2.05) is 6.92 Å². The topological polar surface area (TPSA) is 63.6 Å². The van der Waals surface area contributed by atoms with E-state index in [2.05, 4.69) is 0 Å². The van der Waals surface area contributed by atoms with Gasteiger partial charge in [-0.3, -0.25) is 4.79 Å². The van der Waals surface area contributed by atoms with Crippen molar-refractivity contribution in [2.24, 2.45) is 0 Å². The summed E-state index contributed by atoms with van der Waals surface area (Å²) in [6.07, 6.45) is 1.64. The van der Waals surface area contributed by atoms with Gasteiger partial charge in [0.1, 0.15) is 22.7 Å². The summed E-state index contributed by atoms with van der Waals surface area (Å²) in [6, 6.07) is 11.6. The fourth-order valence-electron chi connectivity index (χ4n) is 2.70. The van der Waals surface area contributed by atoms with Crippen molar-refractivity contribution in [2.45, 2.75) is 6.92 Å². The molecule has 2 aromatic carbocycles. The summed E-state index contributed by atoms with van der Waals surface area (Å²) >= 11 is 0. The summed E-state index contributed by atoms with van der Waals surface area (Å²) in [5.74, 6) is 0.407. The molecular formula is C18H12O4. The summed E-state index contributed by atoms with van der Waals surface area (Å²) in [5, 5.41) is 11.3. The molecule has 0 radical (unpaired) electrons. The average Bonchev–Trinajstić information content (AvgIpc) is 2.89. The number of hydrogen-bond acceptors (Lipinski definition) is 4. The predicted molar refractivity (Wildman–Crippen MR) is 84.1 cm³/mol. The molecular weight excluding hydrogens is 280 g/mol. The third kappa shape index (κ3) is 1.74. The van der Waals surface area contributed by atoms with E-state index in [0.29, 0.717) is 27.9 Å². The lowest BCUT2D eigenvalue weighted by atomic mass is 10.1. The normalized spacial score (nSPS) is 11.3. The lowest BCUT2D eigenvalue weighted by Gasteiger charge is -2.06. The Morgan fingerprint density at radius 3 is 2.73 bits per heavy atom. The van der Waals surface area contributed by atoms with Crippen LogP contribution >= 0.6 is 0 Å². The monoisotopic (exact) mass is 292 g/mol. The minimum Gasteiger partial charge on any atom is -0.507 e. The van der Waals surface area contributed by atoms with Crippen LogP contribution in [0.15, 0.2) is 62.4 Å². The van der Waals surface area contributed by atoms with Gasteiger partial charge >= 0.3 is 0 Å². The van der Waals surface area contributed by atoms with Crippen molar-refractivity contribution in [2.75, 3.05) is 0 Å². The fourth-order valence-corrected chi connectivity index (χ4v) is 2.70. The van der Waals surface area contributed by atoms with E-state index in [0.717, 1.165) is 10.9 Å². The standard InChI is InChI=1S/C18H12O4/c1-10-9-21-15-7-6-12-14(20)8-16(22-18(12)17(10)15)11-4-2-3-5-13(11)19/h2-9,19H,1H3. The van der Waals surface area contributed by atoms with Gasteiger partial charge in [-0.2, -0.15) is 0 Å². The molecule has 0 aliphatic carbocycles. The van der Waals surface area contributed by atoms with Crippen molar-refractivity contribution in [3.63, 3.8) is 0 Å². The molecule has 0 amide bonds. The maximum Gasteiger partial charge on any atom is 0.193 e. The molecule has 0 saturated carbocycles. The number of hydrogen-bond donors (Lipinski definition) is 1. The molecule has 0 aliphatic heterocycles. The summed E-state index contributed by atoms with van der Waals surface area (Å²) < 4.78 is 11.4. The number of para-hydroxylation sites is 1. The minimum atomic E-state index is -0.151. The Labute approximate surface area is 125 Å². The molecule has 0 unspecified atom stereocenters. The number of aryl methyl sites for hydroxylation is 1. The van der Waals surface area contributed by atoms with Crippen molar-refractivity contribution in [1.82, 2.24) is 0 Å². The zero-order valence-electron chi connectivity index (χ0n) is 11.8.